The highest BCUT2D eigenvalue weighted by molar-refractivity contribution is 8.01. The Bertz CT molecular complexity index is 837. The van der Waals surface area contributed by atoms with Gasteiger partial charge in [0.05, 0.1) is 5.25 Å². The zero-order chi connectivity index (χ0) is 18.2. The lowest BCUT2D eigenvalue weighted by Gasteiger charge is -2.31. The number of hydrogen-bond acceptors (Lipinski definition) is 4. The first-order valence-corrected chi connectivity index (χ1v) is 10.6. The lowest BCUT2D eigenvalue weighted by atomic mass is 10.1. The fourth-order valence-electron chi connectivity index (χ4n) is 4.34. The Labute approximate surface area is 163 Å². The molecule has 0 bridgehead atoms. The summed E-state index contributed by atoms with van der Waals surface area (Å²) in [6, 6.07) is 14.8. The van der Waals surface area contributed by atoms with Gasteiger partial charge in [-0.05, 0) is 48.6 Å². The lowest BCUT2D eigenvalue weighted by Crippen LogP contribution is -2.43. The van der Waals surface area contributed by atoms with Gasteiger partial charge < -0.3 is 14.4 Å². The molecule has 1 atom stereocenters. The van der Waals surface area contributed by atoms with Crippen LogP contribution in [-0.2, 0) is 17.8 Å². The summed E-state index contributed by atoms with van der Waals surface area (Å²) in [5.41, 5.74) is 2.41. The average Bonchev–Trinajstić information content (AvgIpc) is 3.45. The second-order valence-corrected chi connectivity index (χ2v) is 8.75. The van der Waals surface area contributed by atoms with Crippen molar-refractivity contribution in [1.29, 1.82) is 0 Å². The van der Waals surface area contributed by atoms with Gasteiger partial charge in [-0.2, -0.15) is 0 Å². The molecule has 4 nitrogen and oxygen atoms in total. The van der Waals surface area contributed by atoms with Crippen LogP contribution < -0.4 is 9.47 Å². The number of carbonyl (C=O) groups is 1. The first-order chi connectivity index (χ1) is 13.3. The van der Waals surface area contributed by atoms with E-state index in [0.717, 1.165) is 36.3 Å². The summed E-state index contributed by atoms with van der Waals surface area (Å²) in [6.45, 7) is 0.925. The molecular weight excluding hydrogens is 358 g/mol. The number of thioether (sulfide) groups is 1. The van der Waals surface area contributed by atoms with E-state index in [4.69, 9.17) is 9.47 Å². The zero-order valence-corrected chi connectivity index (χ0v) is 16.0. The number of benzene rings is 2. The van der Waals surface area contributed by atoms with Crippen LogP contribution in [0.5, 0.6) is 11.5 Å². The number of rotatable bonds is 4. The average molecular weight is 381 g/mol. The van der Waals surface area contributed by atoms with E-state index < -0.39 is 0 Å². The van der Waals surface area contributed by atoms with Gasteiger partial charge in [0.15, 0.2) is 11.5 Å². The molecule has 0 spiro atoms. The molecule has 5 heteroatoms. The van der Waals surface area contributed by atoms with Gasteiger partial charge in [-0.1, -0.05) is 37.1 Å². The van der Waals surface area contributed by atoms with Gasteiger partial charge in [0.25, 0.3) is 0 Å². The second-order valence-electron chi connectivity index (χ2n) is 7.51. The lowest BCUT2D eigenvalue weighted by molar-refractivity contribution is -0.133. The quantitative estimate of drug-likeness (QED) is 0.787. The van der Waals surface area contributed by atoms with Crippen molar-refractivity contribution in [3.8, 4) is 11.5 Å². The van der Waals surface area contributed by atoms with Gasteiger partial charge in [-0.15, -0.1) is 11.8 Å². The van der Waals surface area contributed by atoms with Crippen molar-refractivity contribution in [3.63, 3.8) is 0 Å². The Balaban J connectivity index is 1.37. The maximum atomic E-state index is 13.5. The van der Waals surface area contributed by atoms with Crippen molar-refractivity contribution in [3.05, 3.63) is 53.6 Å². The molecule has 0 radical (unpaired) electrons. The minimum atomic E-state index is -0.00277. The van der Waals surface area contributed by atoms with E-state index in [1.165, 1.54) is 23.3 Å². The minimum Gasteiger partial charge on any atom is -0.454 e. The first-order valence-electron chi connectivity index (χ1n) is 9.71. The maximum Gasteiger partial charge on any atom is 0.236 e. The highest BCUT2D eigenvalue weighted by atomic mass is 32.2. The van der Waals surface area contributed by atoms with Crippen LogP contribution >= 0.6 is 11.8 Å². The predicted molar refractivity (Wildman–Crippen MR) is 105 cm³/mol. The van der Waals surface area contributed by atoms with E-state index in [2.05, 4.69) is 35.2 Å². The Kier molecular flexibility index (Phi) is 4.48. The summed E-state index contributed by atoms with van der Waals surface area (Å²) in [6.07, 6.45) is 5.49. The SMILES string of the molecule is O=C(C1Cc2ccccc2S1)N(Cc1ccc2c(c1)OCO2)C1CCCC1. The molecule has 0 aromatic heterocycles. The summed E-state index contributed by atoms with van der Waals surface area (Å²) in [5, 5.41) is -0.00277. The van der Waals surface area contributed by atoms with Crippen LogP contribution in [0.25, 0.3) is 0 Å². The van der Waals surface area contributed by atoms with Gasteiger partial charge in [-0.3, -0.25) is 4.79 Å². The standard InChI is InChI=1S/C22H23NO3S/c24-22(21-12-16-5-1-4-8-20(16)27-21)23(17-6-2-3-7-17)13-15-9-10-18-19(11-15)26-14-25-18/h1,4-5,8-11,17,21H,2-3,6-7,12-14H2. The van der Waals surface area contributed by atoms with E-state index in [0.29, 0.717) is 12.6 Å². The number of carbonyl (C=O) groups excluding carboxylic acids is 1. The third kappa shape index (κ3) is 3.29. The maximum absolute atomic E-state index is 13.5. The third-order valence-electron chi connectivity index (χ3n) is 5.76. The smallest absolute Gasteiger partial charge is 0.236 e. The largest absolute Gasteiger partial charge is 0.454 e. The van der Waals surface area contributed by atoms with E-state index >= 15 is 0 Å². The predicted octanol–water partition coefficient (Wildman–Crippen LogP) is 4.40. The minimum absolute atomic E-state index is 0.00277. The van der Waals surface area contributed by atoms with Gasteiger partial charge in [0.2, 0.25) is 12.7 Å². The molecule has 1 fully saturated rings. The summed E-state index contributed by atoms with van der Waals surface area (Å²) < 4.78 is 10.9. The highest BCUT2D eigenvalue weighted by Crippen LogP contribution is 2.39. The Morgan fingerprint density at radius 3 is 2.74 bits per heavy atom. The van der Waals surface area contributed by atoms with Crippen LogP contribution in [0.3, 0.4) is 0 Å². The van der Waals surface area contributed by atoms with Crippen molar-refractivity contribution in [2.75, 3.05) is 6.79 Å². The van der Waals surface area contributed by atoms with Gasteiger partial charge in [-0.25, -0.2) is 0 Å². The monoisotopic (exact) mass is 381 g/mol. The molecule has 0 N–H and O–H groups in total. The van der Waals surface area contributed by atoms with Gasteiger partial charge in [0, 0.05) is 17.5 Å². The Morgan fingerprint density at radius 2 is 1.89 bits per heavy atom. The first kappa shape index (κ1) is 17.0. The van der Waals surface area contributed by atoms with Crippen molar-refractivity contribution in [1.82, 2.24) is 4.90 Å². The topological polar surface area (TPSA) is 38.8 Å². The molecule has 1 amide bonds. The zero-order valence-electron chi connectivity index (χ0n) is 15.2. The fourth-order valence-corrected chi connectivity index (χ4v) is 5.61. The molecular formula is C22H23NO3S. The van der Waals surface area contributed by atoms with Gasteiger partial charge >= 0.3 is 0 Å². The Hall–Kier alpha value is -2.14. The number of hydrogen-bond donors (Lipinski definition) is 0. The molecule has 1 unspecified atom stereocenters. The van der Waals surface area contributed by atoms with Crippen molar-refractivity contribution in [2.24, 2.45) is 0 Å². The molecule has 2 aliphatic heterocycles. The number of nitrogens with zero attached hydrogens (tertiary/aromatic N) is 1. The molecule has 5 rings (SSSR count). The Morgan fingerprint density at radius 1 is 1.07 bits per heavy atom. The van der Waals surface area contributed by atoms with E-state index in [1.807, 2.05) is 12.1 Å². The van der Waals surface area contributed by atoms with E-state index in [9.17, 15) is 4.79 Å². The van der Waals surface area contributed by atoms with E-state index in [-0.39, 0.29) is 18.0 Å². The van der Waals surface area contributed by atoms with Crippen LogP contribution in [0.2, 0.25) is 0 Å². The molecule has 0 saturated heterocycles. The van der Waals surface area contributed by atoms with Crippen LogP contribution in [-0.4, -0.2) is 28.9 Å². The normalized spacial score (nSPS) is 20.7. The molecule has 1 aliphatic carbocycles. The molecule has 2 heterocycles. The number of amides is 1. The molecule has 2 aromatic carbocycles. The highest BCUT2D eigenvalue weighted by Gasteiger charge is 2.35. The van der Waals surface area contributed by atoms with Crippen LogP contribution in [0, 0.1) is 0 Å². The second kappa shape index (κ2) is 7.12. The van der Waals surface area contributed by atoms with Crippen molar-refractivity contribution >= 4 is 17.7 Å². The molecule has 1 saturated carbocycles. The van der Waals surface area contributed by atoms with Gasteiger partial charge in [0.1, 0.15) is 0 Å². The number of ether oxygens (including phenoxy) is 2. The fraction of sp³-hybridized carbons (Fsp3) is 0.409. The van der Waals surface area contributed by atoms with Crippen molar-refractivity contribution in [2.45, 2.75) is 54.8 Å². The molecule has 140 valence electrons. The van der Waals surface area contributed by atoms with Crippen LogP contribution in [0.1, 0.15) is 36.8 Å². The van der Waals surface area contributed by atoms with Crippen molar-refractivity contribution < 1.29 is 14.3 Å². The summed E-state index contributed by atoms with van der Waals surface area (Å²) in [5.74, 6) is 1.86. The number of fused-ring (bicyclic) bond motifs is 2. The summed E-state index contributed by atoms with van der Waals surface area (Å²) >= 11 is 1.73. The van der Waals surface area contributed by atoms with Crippen LogP contribution in [0.4, 0.5) is 0 Å². The summed E-state index contributed by atoms with van der Waals surface area (Å²) in [4.78, 5) is 16.9. The van der Waals surface area contributed by atoms with Crippen LogP contribution in [0.15, 0.2) is 47.4 Å². The molecule has 3 aliphatic rings. The van der Waals surface area contributed by atoms with E-state index in [1.54, 1.807) is 11.8 Å². The molecule has 27 heavy (non-hydrogen) atoms. The molecule has 2 aromatic rings. The third-order valence-corrected chi connectivity index (χ3v) is 7.07. The summed E-state index contributed by atoms with van der Waals surface area (Å²) in [7, 11) is 0.